The lowest BCUT2D eigenvalue weighted by Crippen LogP contribution is -2.20. The summed E-state index contributed by atoms with van der Waals surface area (Å²) in [4.78, 5) is 29.7. The maximum absolute atomic E-state index is 12.7. The minimum Gasteiger partial charge on any atom is -0.497 e. The van der Waals surface area contributed by atoms with Gasteiger partial charge in [-0.15, -0.1) is 0 Å². The second kappa shape index (κ2) is 10.4. The van der Waals surface area contributed by atoms with Crippen molar-refractivity contribution in [1.82, 2.24) is 4.98 Å². The highest BCUT2D eigenvalue weighted by molar-refractivity contribution is 7.20. The Labute approximate surface area is 195 Å². The van der Waals surface area contributed by atoms with E-state index in [0.29, 0.717) is 32.9 Å². The largest absolute Gasteiger partial charge is 0.497 e. The van der Waals surface area contributed by atoms with Gasteiger partial charge in [0, 0.05) is 11.1 Å². The second-order valence-electron chi connectivity index (χ2n) is 6.90. The molecule has 4 rings (SSSR count). The van der Waals surface area contributed by atoms with Crippen LogP contribution >= 0.6 is 11.3 Å². The van der Waals surface area contributed by atoms with Crippen molar-refractivity contribution in [3.63, 3.8) is 0 Å². The Kier molecular flexibility index (Phi) is 6.96. The van der Waals surface area contributed by atoms with Gasteiger partial charge in [0.05, 0.1) is 7.11 Å². The van der Waals surface area contributed by atoms with Crippen LogP contribution in [-0.2, 0) is 4.79 Å². The van der Waals surface area contributed by atoms with Gasteiger partial charge in [-0.25, -0.2) is 4.98 Å². The number of aromatic nitrogens is 1. The molecule has 0 fully saturated rings. The Morgan fingerprint density at radius 2 is 1.48 bits per heavy atom. The molecule has 0 aliphatic heterocycles. The zero-order chi connectivity index (χ0) is 23.0. The van der Waals surface area contributed by atoms with Crippen LogP contribution in [0.5, 0.6) is 11.5 Å². The highest BCUT2D eigenvalue weighted by Crippen LogP contribution is 2.36. The van der Waals surface area contributed by atoms with Crippen LogP contribution in [0.1, 0.15) is 10.4 Å². The third-order valence-electron chi connectivity index (χ3n) is 4.61. The number of amides is 2. The van der Waals surface area contributed by atoms with Crippen molar-refractivity contribution in [2.75, 3.05) is 24.4 Å². The molecule has 0 spiro atoms. The Hall–Kier alpha value is -4.17. The number of rotatable bonds is 8. The molecule has 1 aromatic heterocycles. The molecular weight excluding hydrogens is 438 g/mol. The maximum atomic E-state index is 12.7. The van der Waals surface area contributed by atoms with Gasteiger partial charge in [0.25, 0.3) is 11.8 Å². The first-order valence-electron chi connectivity index (χ1n) is 10.1. The number of anilines is 2. The van der Waals surface area contributed by atoms with Crippen LogP contribution in [0.4, 0.5) is 10.1 Å². The average molecular weight is 460 g/mol. The monoisotopic (exact) mass is 459 g/mol. The van der Waals surface area contributed by atoms with Crippen molar-refractivity contribution in [3.05, 3.63) is 90.5 Å². The van der Waals surface area contributed by atoms with E-state index >= 15 is 0 Å². The molecule has 0 aliphatic carbocycles. The van der Waals surface area contributed by atoms with Crippen LogP contribution in [0.2, 0.25) is 0 Å². The first-order valence-corrected chi connectivity index (χ1v) is 10.9. The van der Waals surface area contributed by atoms with E-state index in [2.05, 4.69) is 15.6 Å². The van der Waals surface area contributed by atoms with Gasteiger partial charge in [0.2, 0.25) is 0 Å². The third kappa shape index (κ3) is 5.75. The van der Waals surface area contributed by atoms with Crippen molar-refractivity contribution in [2.24, 2.45) is 0 Å². The highest BCUT2D eigenvalue weighted by atomic mass is 32.1. The van der Waals surface area contributed by atoms with Crippen LogP contribution in [0.3, 0.4) is 0 Å². The van der Waals surface area contributed by atoms with E-state index in [9.17, 15) is 9.59 Å². The van der Waals surface area contributed by atoms with Crippen molar-refractivity contribution >= 4 is 33.3 Å². The standard InChI is InChI=1S/C25H21N3O4S/c1-31-19-12-14-20(15-13-19)32-16-21(29)26-25-27-22(17-8-4-2-5-9-17)24(33-25)28-23(30)18-10-6-3-7-11-18/h2-15H,16H2,1H3,(H,28,30)(H,26,27,29). The zero-order valence-corrected chi connectivity index (χ0v) is 18.6. The fourth-order valence-electron chi connectivity index (χ4n) is 2.99. The number of hydrogen-bond donors (Lipinski definition) is 2. The van der Waals surface area contributed by atoms with E-state index in [1.807, 2.05) is 36.4 Å². The van der Waals surface area contributed by atoms with E-state index in [0.717, 1.165) is 5.56 Å². The number of nitrogens with zero attached hydrogens (tertiary/aromatic N) is 1. The topological polar surface area (TPSA) is 89.6 Å². The number of nitrogens with one attached hydrogen (secondary N) is 2. The number of hydrogen-bond acceptors (Lipinski definition) is 6. The first-order chi connectivity index (χ1) is 16.1. The SMILES string of the molecule is COc1ccc(OCC(=O)Nc2nc(-c3ccccc3)c(NC(=O)c3ccccc3)s2)cc1. The van der Waals surface area contributed by atoms with Gasteiger partial charge in [0.1, 0.15) is 22.2 Å². The molecule has 0 atom stereocenters. The molecule has 2 amide bonds. The molecule has 33 heavy (non-hydrogen) atoms. The number of benzene rings is 3. The summed E-state index contributed by atoms with van der Waals surface area (Å²) >= 11 is 1.19. The van der Waals surface area contributed by atoms with Crippen molar-refractivity contribution in [1.29, 1.82) is 0 Å². The molecule has 1 heterocycles. The van der Waals surface area contributed by atoms with E-state index in [-0.39, 0.29) is 18.4 Å². The fraction of sp³-hybridized carbons (Fsp3) is 0.0800. The lowest BCUT2D eigenvalue weighted by atomic mass is 10.1. The lowest BCUT2D eigenvalue weighted by Gasteiger charge is -2.06. The number of carbonyl (C=O) groups excluding carboxylic acids is 2. The minimum absolute atomic E-state index is 0.182. The number of thiazole rings is 1. The summed E-state index contributed by atoms with van der Waals surface area (Å²) in [5.74, 6) is 0.635. The molecule has 0 saturated carbocycles. The summed E-state index contributed by atoms with van der Waals surface area (Å²) < 4.78 is 10.6. The molecule has 3 aromatic carbocycles. The van der Waals surface area contributed by atoms with Crippen LogP contribution in [-0.4, -0.2) is 30.5 Å². The summed E-state index contributed by atoms with van der Waals surface area (Å²) in [6.07, 6.45) is 0. The zero-order valence-electron chi connectivity index (χ0n) is 17.8. The van der Waals surface area contributed by atoms with Crippen molar-refractivity contribution in [2.45, 2.75) is 0 Å². The van der Waals surface area contributed by atoms with Gasteiger partial charge in [0.15, 0.2) is 11.7 Å². The molecule has 166 valence electrons. The Morgan fingerprint density at radius 3 is 2.15 bits per heavy atom. The normalized spacial score (nSPS) is 10.3. The Bertz CT molecular complexity index is 1230. The van der Waals surface area contributed by atoms with Gasteiger partial charge in [-0.2, -0.15) is 0 Å². The predicted molar refractivity (Wildman–Crippen MR) is 129 cm³/mol. The van der Waals surface area contributed by atoms with Gasteiger partial charge in [-0.05, 0) is 36.4 Å². The lowest BCUT2D eigenvalue weighted by molar-refractivity contribution is -0.118. The predicted octanol–water partition coefficient (Wildman–Crippen LogP) is 5.09. The van der Waals surface area contributed by atoms with Crippen LogP contribution in [0.15, 0.2) is 84.9 Å². The van der Waals surface area contributed by atoms with E-state index < -0.39 is 0 Å². The summed E-state index contributed by atoms with van der Waals surface area (Å²) in [6, 6.07) is 25.3. The molecule has 0 unspecified atom stereocenters. The fourth-order valence-corrected chi connectivity index (χ4v) is 3.89. The number of ether oxygens (including phenoxy) is 2. The Morgan fingerprint density at radius 1 is 0.848 bits per heavy atom. The van der Waals surface area contributed by atoms with E-state index in [1.165, 1.54) is 11.3 Å². The van der Waals surface area contributed by atoms with Crippen molar-refractivity contribution < 1.29 is 19.1 Å². The molecule has 0 saturated heterocycles. The number of carbonyl (C=O) groups is 2. The summed E-state index contributed by atoms with van der Waals surface area (Å²) in [5.41, 5.74) is 1.94. The molecule has 0 bridgehead atoms. The second-order valence-corrected chi connectivity index (χ2v) is 7.89. The highest BCUT2D eigenvalue weighted by Gasteiger charge is 2.18. The third-order valence-corrected chi connectivity index (χ3v) is 5.50. The summed E-state index contributed by atoms with van der Waals surface area (Å²) in [7, 11) is 1.58. The van der Waals surface area contributed by atoms with Gasteiger partial charge >= 0.3 is 0 Å². The average Bonchev–Trinajstić information content (AvgIpc) is 3.26. The molecule has 7 nitrogen and oxygen atoms in total. The van der Waals surface area contributed by atoms with E-state index in [1.54, 1.807) is 55.6 Å². The molecule has 2 N–H and O–H groups in total. The molecule has 0 radical (unpaired) electrons. The maximum Gasteiger partial charge on any atom is 0.264 e. The van der Waals surface area contributed by atoms with Gasteiger partial charge < -0.3 is 14.8 Å². The molecule has 0 aliphatic rings. The summed E-state index contributed by atoms with van der Waals surface area (Å²) in [6.45, 7) is -0.182. The smallest absolute Gasteiger partial charge is 0.264 e. The quantitative estimate of drug-likeness (QED) is 0.383. The van der Waals surface area contributed by atoms with Gasteiger partial charge in [-0.1, -0.05) is 59.9 Å². The van der Waals surface area contributed by atoms with Gasteiger partial charge in [-0.3, -0.25) is 14.9 Å². The minimum atomic E-state index is -0.361. The van der Waals surface area contributed by atoms with Crippen LogP contribution in [0.25, 0.3) is 11.3 Å². The summed E-state index contributed by atoms with van der Waals surface area (Å²) in [5, 5.41) is 6.56. The molecular formula is C25H21N3O4S. The van der Waals surface area contributed by atoms with Crippen LogP contribution < -0.4 is 20.1 Å². The van der Waals surface area contributed by atoms with Crippen LogP contribution in [0, 0.1) is 0 Å². The van der Waals surface area contributed by atoms with E-state index in [4.69, 9.17) is 9.47 Å². The van der Waals surface area contributed by atoms with Crippen molar-refractivity contribution in [3.8, 4) is 22.8 Å². The Balaban J connectivity index is 1.48. The molecule has 8 heteroatoms. The first kappa shape index (κ1) is 22.0. The molecule has 4 aromatic rings. The number of methoxy groups -OCH3 is 1.